The van der Waals surface area contributed by atoms with Crippen molar-refractivity contribution in [2.24, 2.45) is 0 Å². The molecule has 0 radical (unpaired) electrons. The molecule has 3 nitrogen and oxygen atoms in total. The predicted octanol–water partition coefficient (Wildman–Crippen LogP) is -11.7. The third-order valence-electron chi connectivity index (χ3n) is 0. The second-order valence-electron chi connectivity index (χ2n) is 0.224. The summed E-state index contributed by atoms with van der Waals surface area (Å²) < 4.78 is 0. The molecule has 0 spiro atoms. The average molecular weight is 148 g/mol. The minimum atomic E-state index is -3.37. The first-order chi connectivity index (χ1) is 1.73. The fourth-order valence-corrected chi connectivity index (χ4v) is 0. The largest absolute Gasteiger partial charge is 1.00 e. The van der Waals surface area contributed by atoms with Crippen LogP contribution in [0.15, 0.2) is 0 Å². The molecule has 7 heavy (non-hydrogen) atoms. The summed E-state index contributed by atoms with van der Waals surface area (Å²) in [5.74, 6) is 0. The van der Waals surface area contributed by atoms with Gasteiger partial charge in [0.1, 0.15) is 0 Å². The molecule has 0 bridgehead atoms. The molecule has 0 heterocycles. The second kappa shape index (κ2) is 16.1. The minimum absolute atomic E-state index is 0. The molecule has 0 amide bonds. The molecular formula is Na3O3P. The van der Waals surface area contributed by atoms with E-state index in [1.54, 1.807) is 0 Å². The van der Waals surface area contributed by atoms with Gasteiger partial charge >= 0.3 is 88.7 Å². The van der Waals surface area contributed by atoms with Gasteiger partial charge in [0.2, 0.25) is 0 Å². The van der Waals surface area contributed by atoms with Crippen molar-refractivity contribution in [1.29, 1.82) is 0 Å². The molecule has 0 N–H and O–H groups in total. The number of rotatable bonds is 0. The summed E-state index contributed by atoms with van der Waals surface area (Å²) in [5, 5.41) is 0. The molecule has 7 heteroatoms. The first-order valence-corrected chi connectivity index (χ1v) is 1.64. The summed E-state index contributed by atoms with van der Waals surface area (Å²) in [6.07, 6.45) is 0. The normalized spacial score (nSPS) is 5.14. The van der Waals surface area contributed by atoms with E-state index >= 15 is 0 Å². The molecule has 0 unspecified atom stereocenters. The van der Waals surface area contributed by atoms with Crippen LogP contribution in [-0.2, 0) is 0 Å². The first-order valence-electron chi connectivity index (χ1n) is 0.548. The average Bonchev–Trinajstić information content (AvgIpc) is 0.811. The van der Waals surface area contributed by atoms with Crippen LogP contribution in [0.2, 0.25) is 0 Å². The van der Waals surface area contributed by atoms with Gasteiger partial charge in [-0.05, 0) is 0 Å². The van der Waals surface area contributed by atoms with Gasteiger partial charge in [-0.25, -0.2) is 0 Å². The van der Waals surface area contributed by atoms with E-state index in [2.05, 4.69) is 0 Å². The second-order valence-corrected chi connectivity index (χ2v) is 0.671. The van der Waals surface area contributed by atoms with Gasteiger partial charge in [0.25, 0.3) is 0 Å². The van der Waals surface area contributed by atoms with Gasteiger partial charge in [-0.2, -0.15) is 0 Å². The fraction of sp³-hybridized carbons (Fsp3) is 0. The van der Waals surface area contributed by atoms with Crippen molar-refractivity contribution in [1.82, 2.24) is 0 Å². The predicted molar refractivity (Wildman–Crippen MR) is 6.92 cm³/mol. The van der Waals surface area contributed by atoms with Crippen LogP contribution in [-0.4, -0.2) is 0 Å². The van der Waals surface area contributed by atoms with E-state index in [1.165, 1.54) is 0 Å². The summed E-state index contributed by atoms with van der Waals surface area (Å²) >= 11 is 0. The van der Waals surface area contributed by atoms with Gasteiger partial charge in [0.15, 0.2) is 0 Å². The van der Waals surface area contributed by atoms with Gasteiger partial charge in [0.05, 0.1) is 0 Å². The maximum absolute atomic E-state index is 8.48. The monoisotopic (exact) mass is 148 g/mol. The number of hydrogen-bond donors (Lipinski definition) is 0. The summed E-state index contributed by atoms with van der Waals surface area (Å²) in [6.45, 7) is 0. The van der Waals surface area contributed by atoms with Gasteiger partial charge < -0.3 is 23.3 Å². The van der Waals surface area contributed by atoms with Crippen molar-refractivity contribution in [3.05, 3.63) is 0 Å². The Hall–Kier alpha value is 3.31. The van der Waals surface area contributed by atoms with Crippen LogP contribution in [0.5, 0.6) is 0 Å². The minimum Gasteiger partial charge on any atom is -0.854 e. The van der Waals surface area contributed by atoms with E-state index in [0.29, 0.717) is 0 Å². The maximum Gasteiger partial charge on any atom is 1.00 e. The zero-order valence-corrected chi connectivity index (χ0v) is 11.6. The Balaban J connectivity index is -0.0000000150. The van der Waals surface area contributed by atoms with Crippen LogP contribution in [0.3, 0.4) is 0 Å². The Morgan fingerprint density at radius 3 is 0.714 bits per heavy atom. The topological polar surface area (TPSA) is 69.2 Å². The van der Waals surface area contributed by atoms with E-state index in [4.69, 9.17) is 14.7 Å². The van der Waals surface area contributed by atoms with Gasteiger partial charge in [-0.3, -0.25) is 0 Å². The zero-order chi connectivity index (χ0) is 3.58. The Kier molecular flexibility index (Phi) is 51.8. The molecule has 0 fully saturated rings. The van der Waals surface area contributed by atoms with Crippen molar-refractivity contribution in [2.45, 2.75) is 0 Å². The van der Waals surface area contributed by atoms with Crippen molar-refractivity contribution in [2.75, 3.05) is 0 Å². The molecule has 0 rings (SSSR count). The Bertz CT molecular complexity index is 14.9. The molecule has 0 aromatic carbocycles. The van der Waals surface area contributed by atoms with Crippen molar-refractivity contribution < 1.29 is 103 Å². The third-order valence-corrected chi connectivity index (χ3v) is 0. The van der Waals surface area contributed by atoms with Crippen LogP contribution in [0.4, 0.5) is 0 Å². The summed E-state index contributed by atoms with van der Waals surface area (Å²) in [7, 11) is -3.37. The zero-order valence-electron chi connectivity index (χ0n) is 4.67. The Labute approximate surface area is 110 Å². The Morgan fingerprint density at radius 2 is 0.714 bits per heavy atom. The van der Waals surface area contributed by atoms with Crippen molar-refractivity contribution in [3.8, 4) is 0 Å². The van der Waals surface area contributed by atoms with Gasteiger partial charge in [-0.15, -0.1) is 0 Å². The molecule has 0 saturated carbocycles. The van der Waals surface area contributed by atoms with E-state index in [1.807, 2.05) is 0 Å². The quantitative estimate of drug-likeness (QED) is 0.253. The smallest absolute Gasteiger partial charge is 0.854 e. The number of hydrogen-bond acceptors (Lipinski definition) is 3. The molecule has 0 aliphatic rings. The maximum atomic E-state index is 8.48. The molecule has 0 aromatic rings. The van der Waals surface area contributed by atoms with Crippen molar-refractivity contribution >= 4 is 8.60 Å². The summed E-state index contributed by atoms with van der Waals surface area (Å²) in [4.78, 5) is 25.4. The SMILES string of the molecule is [Na+].[Na+].[Na+].[O-]P([O-])[O-]. The van der Waals surface area contributed by atoms with Gasteiger partial charge in [-0.1, -0.05) is 0 Å². The molecule has 0 aromatic heterocycles. The van der Waals surface area contributed by atoms with E-state index in [9.17, 15) is 0 Å². The molecular weight excluding hydrogens is 148 g/mol. The van der Waals surface area contributed by atoms with Crippen LogP contribution in [0, 0.1) is 0 Å². The molecule has 0 saturated heterocycles. The first kappa shape index (κ1) is 22.4. The molecule has 0 atom stereocenters. The van der Waals surface area contributed by atoms with E-state index < -0.39 is 8.60 Å². The third kappa shape index (κ3) is 45.4. The summed E-state index contributed by atoms with van der Waals surface area (Å²) in [5.41, 5.74) is 0. The standard InChI is InChI=1S/3Na.O3P/c;;;1-4(2)3/q3*+1;-3. The van der Waals surface area contributed by atoms with Crippen LogP contribution in [0.25, 0.3) is 0 Å². The van der Waals surface area contributed by atoms with Crippen LogP contribution >= 0.6 is 8.60 Å². The van der Waals surface area contributed by atoms with E-state index in [-0.39, 0.29) is 88.7 Å². The molecule has 0 aliphatic carbocycles. The fourth-order valence-electron chi connectivity index (χ4n) is 0. The van der Waals surface area contributed by atoms with Crippen molar-refractivity contribution in [3.63, 3.8) is 0 Å². The summed E-state index contributed by atoms with van der Waals surface area (Å²) in [6, 6.07) is 0. The Morgan fingerprint density at radius 1 is 0.714 bits per heavy atom. The molecule has 0 aliphatic heterocycles. The van der Waals surface area contributed by atoms with Crippen LogP contribution in [0.1, 0.15) is 0 Å². The van der Waals surface area contributed by atoms with Crippen LogP contribution < -0.4 is 103 Å². The molecule has 26 valence electrons. The van der Waals surface area contributed by atoms with E-state index in [0.717, 1.165) is 0 Å². The van der Waals surface area contributed by atoms with Gasteiger partial charge in [0, 0.05) is 0 Å².